The fourth-order valence-electron chi connectivity index (χ4n) is 1.95. The maximum atomic E-state index is 11.1. The van der Waals surface area contributed by atoms with Crippen LogP contribution >= 0.6 is 0 Å². The van der Waals surface area contributed by atoms with E-state index in [4.69, 9.17) is 4.74 Å². The summed E-state index contributed by atoms with van der Waals surface area (Å²) in [6.07, 6.45) is 1.07. The molecule has 0 saturated heterocycles. The average molecular weight is 294 g/mol. The lowest BCUT2D eigenvalue weighted by atomic mass is 10.1. The van der Waals surface area contributed by atoms with Crippen molar-refractivity contribution in [2.45, 2.75) is 12.8 Å². The van der Waals surface area contributed by atoms with Crippen molar-refractivity contribution in [3.8, 4) is 17.6 Å². The fraction of sp³-hybridized carbons (Fsp3) is 0.211. The molecule has 0 radical (unpaired) electrons. The predicted molar refractivity (Wildman–Crippen MR) is 85.8 cm³/mol. The number of methoxy groups -OCH3 is 2. The van der Waals surface area contributed by atoms with Crippen molar-refractivity contribution in [2.24, 2.45) is 0 Å². The van der Waals surface area contributed by atoms with Gasteiger partial charge in [0.2, 0.25) is 0 Å². The molecule has 0 aliphatic heterocycles. The lowest BCUT2D eigenvalue weighted by molar-refractivity contribution is -0.140. The van der Waals surface area contributed by atoms with Crippen LogP contribution in [0.3, 0.4) is 0 Å². The zero-order valence-electron chi connectivity index (χ0n) is 12.8. The van der Waals surface area contributed by atoms with E-state index in [9.17, 15) is 4.79 Å². The summed E-state index contributed by atoms with van der Waals surface area (Å²) in [5, 5.41) is 0. The molecule has 2 rings (SSSR count). The lowest BCUT2D eigenvalue weighted by Gasteiger charge is -2.00. The molecule has 0 aliphatic rings. The van der Waals surface area contributed by atoms with Gasteiger partial charge < -0.3 is 9.47 Å². The lowest BCUT2D eigenvalue weighted by Crippen LogP contribution is -2.01. The molecule has 2 aromatic carbocycles. The van der Waals surface area contributed by atoms with E-state index in [1.807, 2.05) is 48.5 Å². The van der Waals surface area contributed by atoms with Gasteiger partial charge in [-0.1, -0.05) is 30.0 Å². The van der Waals surface area contributed by atoms with Crippen LogP contribution in [0.2, 0.25) is 0 Å². The highest BCUT2D eigenvalue weighted by Gasteiger charge is 2.01. The summed E-state index contributed by atoms with van der Waals surface area (Å²) < 4.78 is 9.80. The smallest absolute Gasteiger partial charge is 0.305 e. The average Bonchev–Trinajstić information content (AvgIpc) is 2.58. The second-order valence-electron chi connectivity index (χ2n) is 4.76. The maximum Gasteiger partial charge on any atom is 0.305 e. The molecule has 0 heterocycles. The summed E-state index contributed by atoms with van der Waals surface area (Å²) in [4.78, 5) is 11.1. The number of hydrogen-bond donors (Lipinski definition) is 0. The summed E-state index contributed by atoms with van der Waals surface area (Å²) in [6.45, 7) is 0. The Morgan fingerprint density at radius 2 is 1.73 bits per heavy atom. The molecule has 0 amide bonds. The maximum absolute atomic E-state index is 11.1. The first-order chi connectivity index (χ1) is 10.7. The van der Waals surface area contributed by atoms with Gasteiger partial charge in [-0.2, -0.15) is 0 Å². The van der Waals surface area contributed by atoms with E-state index in [2.05, 4.69) is 16.6 Å². The molecular formula is C19H18O3. The Morgan fingerprint density at radius 1 is 1.00 bits per heavy atom. The summed E-state index contributed by atoms with van der Waals surface area (Å²) in [5.74, 6) is 6.83. The number of carbonyl (C=O) groups excluding carboxylic acids is 1. The quantitative estimate of drug-likeness (QED) is 0.641. The van der Waals surface area contributed by atoms with E-state index in [0.717, 1.165) is 22.4 Å². The van der Waals surface area contributed by atoms with Crippen molar-refractivity contribution in [3.63, 3.8) is 0 Å². The van der Waals surface area contributed by atoms with E-state index in [-0.39, 0.29) is 5.97 Å². The van der Waals surface area contributed by atoms with E-state index >= 15 is 0 Å². The zero-order chi connectivity index (χ0) is 15.8. The van der Waals surface area contributed by atoms with Crippen LogP contribution in [0.4, 0.5) is 0 Å². The van der Waals surface area contributed by atoms with Crippen LogP contribution in [0.5, 0.6) is 5.75 Å². The standard InChI is InChI=1S/C19H18O3/c1-21-18-5-3-4-17(14-18)11-10-15-6-8-16(9-7-15)12-13-19(20)22-2/h3-9,14H,12-13H2,1-2H3. The molecule has 3 heteroatoms. The van der Waals surface area contributed by atoms with Gasteiger partial charge in [-0.3, -0.25) is 4.79 Å². The summed E-state index contributed by atoms with van der Waals surface area (Å²) in [5.41, 5.74) is 2.94. The van der Waals surface area contributed by atoms with Crippen molar-refractivity contribution in [3.05, 3.63) is 65.2 Å². The van der Waals surface area contributed by atoms with Crippen LogP contribution in [-0.2, 0) is 16.0 Å². The molecule has 0 N–H and O–H groups in total. The molecule has 0 bridgehead atoms. The Kier molecular flexibility index (Phi) is 5.62. The van der Waals surface area contributed by atoms with Gasteiger partial charge in [0, 0.05) is 17.5 Å². The van der Waals surface area contributed by atoms with E-state index < -0.39 is 0 Å². The number of esters is 1. The number of carbonyl (C=O) groups is 1. The van der Waals surface area contributed by atoms with Crippen molar-refractivity contribution in [1.29, 1.82) is 0 Å². The summed E-state index contributed by atoms with van der Waals surface area (Å²) >= 11 is 0. The Bertz CT molecular complexity index is 691. The third-order valence-corrected chi connectivity index (χ3v) is 3.22. The number of ether oxygens (including phenoxy) is 2. The first-order valence-corrected chi connectivity index (χ1v) is 7.03. The number of hydrogen-bond acceptors (Lipinski definition) is 3. The second-order valence-corrected chi connectivity index (χ2v) is 4.76. The van der Waals surface area contributed by atoms with E-state index in [0.29, 0.717) is 12.8 Å². The van der Waals surface area contributed by atoms with Gasteiger partial charge in [0.25, 0.3) is 0 Å². The van der Waals surface area contributed by atoms with Gasteiger partial charge in [0.15, 0.2) is 0 Å². The molecule has 22 heavy (non-hydrogen) atoms. The minimum absolute atomic E-state index is 0.193. The van der Waals surface area contributed by atoms with Gasteiger partial charge >= 0.3 is 5.97 Å². The van der Waals surface area contributed by atoms with Gasteiger partial charge in [-0.15, -0.1) is 0 Å². The Hall–Kier alpha value is -2.73. The second kappa shape index (κ2) is 7.90. The Balaban J connectivity index is 2.02. The molecule has 0 saturated carbocycles. The first-order valence-electron chi connectivity index (χ1n) is 7.03. The molecular weight excluding hydrogens is 276 g/mol. The van der Waals surface area contributed by atoms with Gasteiger partial charge in [0.1, 0.15) is 5.75 Å². The molecule has 3 nitrogen and oxygen atoms in total. The first kappa shape index (κ1) is 15.7. The predicted octanol–water partition coefficient (Wildman–Crippen LogP) is 3.20. The van der Waals surface area contributed by atoms with Crippen molar-refractivity contribution >= 4 is 5.97 Å². The number of aryl methyl sites for hydroxylation is 1. The highest BCUT2D eigenvalue weighted by molar-refractivity contribution is 5.69. The largest absolute Gasteiger partial charge is 0.497 e. The molecule has 112 valence electrons. The molecule has 0 unspecified atom stereocenters. The summed E-state index contributed by atoms with van der Waals surface area (Å²) in [6, 6.07) is 15.5. The molecule has 2 aromatic rings. The van der Waals surface area contributed by atoms with Crippen LogP contribution in [0.15, 0.2) is 48.5 Å². The molecule has 0 atom stereocenters. The zero-order valence-corrected chi connectivity index (χ0v) is 12.8. The highest BCUT2D eigenvalue weighted by atomic mass is 16.5. The molecule has 0 aromatic heterocycles. The highest BCUT2D eigenvalue weighted by Crippen LogP contribution is 2.12. The minimum atomic E-state index is -0.193. The SMILES string of the molecule is COC(=O)CCc1ccc(C#Cc2cccc(OC)c2)cc1. The monoisotopic (exact) mass is 294 g/mol. The van der Waals surface area contributed by atoms with Crippen molar-refractivity contribution < 1.29 is 14.3 Å². The number of benzene rings is 2. The van der Waals surface area contributed by atoms with Crippen molar-refractivity contribution in [2.75, 3.05) is 14.2 Å². The normalized spacial score (nSPS) is 9.55. The van der Waals surface area contributed by atoms with Crippen molar-refractivity contribution in [1.82, 2.24) is 0 Å². The van der Waals surface area contributed by atoms with Gasteiger partial charge in [-0.25, -0.2) is 0 Å². The fourth-order valence-corrected chi connectivity index (χ4v) is 1.95. The van der Waals surface area contributed by atoms with Crippen LogP contribution in [-0.4, -0.2) is 20.2 Å². The summed E-state index contributed by atoms with van der Waals surface area (Å²) in [7, 11) is 3.04. The molecule has 0 aliphatic carbocycles. The Labute approximate surface area is 130 Å². The minimum Gasteiger partial charge on any atom is -0.497 e. The number of rotatable bonds is 4. The molecule has 0 fully saturated rings. The Morgan fingerprint density at radius 3 is 2.41 bits per heavy atom. The van der Waals surface area contributed by atoms with Crippen LogP contribution < -0.4 is 4.74 Å². The third kappa shape index (κ3) is 4.68. The van der Waals surface area contributed by atoms with E-state index in [1.54, 1.807) is 7.11 Å². The van der Waals surface area contributed by atoms with Crippen LogP contribution in [0.1, 0.15) is 23.1 Å². The third-order valence-electron chi connectivity index (χ3n) is 3.22. The van der Waals surface area contributed by atoms with Gasteiger partial charge in [-0.05, 0) is 42.3 Å². The topological polar surface area (TPSA) is 35.5 Å². The molecule has 0 spiro atoms. The van der Waals surface area contributed by atoms with E-state index in [1.165, 1.54) is 7.11 Å². The van der Waals surface area contributed by atoms with Crippen LogP contribution in [0.25, 0.3) is 0 Å². The van der Waals surface area contributed by atoms with Gasteiger partial charge in [0.05, 0.1) is 14.2 Å². The van der Waals surface area contributed by atoms with Crippen LogP contribution in [0, 0.1) is 11.8 Å².